The van der Waals surface area contributed by atoms with E-state index >= 15 is 0 Å². The minimum Gasteiger partial charge on any atom is -0.343 e. The zero-order chi connectivity index (χ0) is 20.6. The van der Waals surface area contributed by atoms with Gasteiger partial charge in [-0.05, 0) is 23.8 Å². The van der Waals surface area contributed by atoms with Gasteiger partial charge in [-0.1, -0.05) is 58.0 Å². The van der Waals surface area contributed by atoms with Crippen LogP contribution in [0.4, 0.5) is 0 Å². The van der Waals surface area contributed by atoms with Crippen LogP contribution >= 0.6 is 0 Å². The van der Waals surface area contributed by atoms with Crippen LogP contribution in [-0.4, -0.2) is 48.2 Å². The number of nitrogens with one attached hydrogen (secondary N) is 1. The van der Waals surface area contributed by atoms with Gasteiger partial charge in [0.05, 0.1) is 12.1 Å². The maximum absolute atomic E-state index is 13.1. The highest BCUT2D eigenvalue weighted by Gasteiger charge is 2.30. The number of nitrogens with two attached hydrogens (primary N) is 1. The largest absolute Gasteiger partial charge is 0.343 e. The second kappa shape index (κ2) is 10.8. The van der Waals surface area contributed by atoms with Crippen molar-refractivity contribution in [1.29, 1.82) is 0 Å². The van der Waals surface area contributed by atoms with Crippen molar-refractivity contribution < 1.29 is 14.4 Å². The van der Waals surface area contributed by atoms with Gasteiger partial charge >= 0.3 is 0 Å². The highest BCUT2D eigenvalue weighted by atomic mass is 16.2. The Morgan fingerprint density at radius 1 is 1.15 bits per heavy atom. The number of carbonyl (C=O) groups is 3. The topological polar surface area (TPSA) is 92.5 Å². The number of hydrogen-bond donors (Lipinski definition) is 2. The smallest absolute Gasteiger partial charge is 0.245 e. The van der Waals surface area contributed by atoms with Crippen LogP contribution in [0.25, 0.3) is 0 Å². The molecule has 0 aliphatic carbocycles. The highest BCUT2D eigenvalue weighted by Crippen LogP contribution is 2.12. The molecule has 3 atom stereocenters. The molecular formula is C21H33N3O3. The van der Waals surface area contributed by atoms with Crippen LogP contribution in [0.1, 0.15) is 39.7 Å². The molecule has 0 aromatic heterocycles. The van der Waals surface area contributed by atoms with E-state index < -0.39 is 18.1 Å². The Morgan fingerprint density at radius 2 is 1.74 bits per heavy atom. The number of carbonyl (C=O) groups excluding carboxylic acids is 3. The molecule has 1 aromatic rings. The third-order valence-electron chi connectivity index (χ3n) is 4.63. The van der Waals surface area contributed by atoms with Crippen LogP contribution in [0.5, 0.6) is 0 Å². The third kappa shape index (κ3) is 7.13. The minimum atomic E-state index is -0.774. The second-order valence-electron chi connectivity index (χ2n) is 7.80. The molecule has 0 aliphatic rings. The summed E-state index contributed by atoms with van der Waals surface area (Å²) in [5, 5.41) is 2.79. The number of nitrogens with zero attached hydrogens (tertiary/aromatic N) is 1. The number of likely N-dealkylation sites (N-methyl/N-ethyl adjacent to an activating group) is 1. The van der Waals surface area contributed by atoms with Gasteiger partial charge in [-0.2, -0.15) is 0 Å². The lowest BCUT2D eigenvalue weighted by atomic mass is 9.99. The molecule has 6 nitrogen and oxygen atoms in total. The lowest BCUT2D eigenvalue weighted by Gasteiger charge is -2.30. The van der Waals surface area contributed by atoms with Crippen molar-refractivity contribution >= 4 is 18.1 Å². The zero-order valence-electron chi connectivity index (χ0n) is 17.0. The number of hydrogen-bond acceptors (Lipinski definition) is 4. The predicted octanol–water partition coefficient (Wildman–Crippen LogP) is 1.77. The van der Waals surface area contributed by atoms with Gasteiger partial charge in [0.25, 0.3) is 0 Å². The second-order valence-corrected chi connectivity index (χ2v) is 7.80. The molecule has 0 heterocycles. The molecule has 150 valence electrons. The molecular weight excluding hydrogens is 342 g/mol. The fraction of sp³-hybridized carbons (Fsp3) is 0.571. The van der Waals surface area contributed by atoms with E-state index in [9.17, 15) is 14.4 Å². The minimum absolute atomic E-state index is 0.0427. The van der Waals surface area contributed by atoms with Crippen molar-refractivity contribution in [3.05, 3.63) is 35.9 Å². The standard InChI is InChI=1S/C21H33N3O3/c1-14(2)11-17(13-25)24(5)21(27)18(12-16-9-7-6-8-10-16)23-20(26)19(22)15(3)4/h6-10,13-15,17-19H,11-12,22H2,1-5H3,(H,23,26)/t17-,18-,19-/m0/s1. The van der Waals surface area contributed by atoms with E-state index in [0.29, 0.717) is 12.8 Å². The summed E-state index contributed by atoms with van der Waals surface area (Å²) in [6.07, 6.45) is 1.70. The summed E-state index contributed by atoms with van der Waals surface area (Å²) in [5.41, 5.74) is 6.86. The Balaban J connectivity index is 3.02. The first-order chi connectivity index (χ1) is 12.7. The molecule has 0 saturated carbocycles. The van der Waals surface area contributed by atoms with E-state index in [-0.39, 0.29) is 23.7 Å². The molecule has 0 aliphatic heterocycles. The summed E-state index contributed by atoms with van der Waals surface area (Å²) in [7, 11) is 1.61. The molecule has 0 unspecified atom stereocenters. The van der Waals surface area contributed by atoms with E-state index in [2.05, 4.69) is 5.32 Å². The normalized spacial score (nSPS) is 14.5. The molecule has 0 saturated heterocycles. The number of amides is 2. The van der Waals surface area contributed by atoms with Crippen molar-refractivity contribution in [3.8, 4) is 0 Å². The molecule has 0 bridgehead atoms. The van der Waals surface area contributed by atoms with Crippen LogP contribution < -0.4 is 11.1 Å². The summed E-state index contributed by atoms with van der Waals surface area (Å²) in [6, 6.07) is 7.48. The van der Waals surface area contributed by atoms with Gasteiger partial charge in [0.15, 0.2) is 0 Å². The van der Waals surface area contributed by atoms with Gasteiger partial charge in [0, 0.05) is 13.5 Å². The lowest BCUT2D eigenvalue weighted by molar-refractivity contribution is -0.139. The summed E-state index contributed by atoms with van der Waals surface area (Å²) in [4.78, 5) is 38.4. The van der Waals surface area contributed by atoms with Crippen LogP contribution in [0, 0.1) is 11.8 Å². The van der Waals surface area contributed by atoms with Gasteiger partial charge < -0.3 is 20.7 Å². The molecule has 27 heavy (non-hydrogen) atoms. The van der Waals surface area contributed by atoms with Crippen molar-refractivity contribution in [2.45, 2.75) is 58.7 Å². The van der Waals surface area contributed by atoms with Crippen LogP contribution in [0.15, 0.2) is 30.3 Å². The van der Waals surface area contributed by atoms with Gasteiger partial charge in [0.2, 0.25) is 11.8 Å². The van der Waals surface area contributed by atoms with E-state index in [1.807, 2.05) is 58.0 Å². The Morgan fingerprint density at radius 3 is 2.22 bits per heavy atom. The van der Waals surface area contributed by atoms with Gasteiger partial charge in [0.1, 0.15) is 12.3 Å². The zero-order valence-corrected chi connectivity index (χ0v) is 17.0. The highest BCUT2D eigenvalue weighted by molar-refractivity contribution is 5.91. The average molecular weight is 376 g/mol. The van der Waals surface area contributed by atoms with Crippen molar-refractivity contribution in [2.75, 3.05) is 7.05 Å². The van der Waals surface area contributed by atoms with E-state index in [0.717, 1.165) is 11.8 Å². The predicted molar refractivity (Wildman–Crippen MR) is 107 cm³/mol. The molecule has 0 fully saturated rings. The first kappa shape index (κ1) is 22.8. The van der Waals surface area contributed by atoms with Gasteiger partial charge in [-0.15, -0.1) is 0 Å². The number of aldehydes is 1. The van der Waals surface area contributed by atoms with E-state index in [4.69, 9.17) is 5.73 Å². The van der Waals surface area contributed by atoms with Crippen LogP contribution in [0.2, 0.25) is 0 Å². The molecule has 1 aromatic carbocycles. The fourth-order valence-electron chi connectivity index (χ4n) is 2.82. The van der Waals surface area contributed by atoms with Crippen molar-refractivity contribution in [3.63, 3.8) is 0 Å². The SMILES string of the molecule is CC(C)C[C@@H](C=O)N(C)C(=O)[C@H](Cc1ccccc1)NC(=O)[C@@H](N)C(C)C. The van der Waals surface area contributed by atoms with Gasteiger partial charge in [-0.25, -0.2) is 0 Å². The third-order valence-corrected chi connectivity index (χ3v) is 4.63. The van der Waals surface area contributed by atoms with Crippen molar-refractivity contribution in [1.82, 2.24) is 10.2 Å². The Bertz CT molecular complexity index is 616. The Labute approximate surface area is 162 Å². The molecule has 6 heteroatoms. The molecule has 1 rings (SSSR count). The maximum Gasteiger partial charge on any atom is 0.245 e. The summed E-state index contributed by atoms with van der Waals surface area (Å²) >= 11 is 0. The summed E-state index contributed by atoms with van der Waals surface area (Å²) in [6.45, 7) is 7.71. The summed E-state index contributed by atoms with van der Waals surface area (Å²) < 4.78 is 0. The van der Waals surface area contributed by atoms with Crippen LogP contribution in [0.3, 0.4) is 0 Å². The molecule has 2 amide bonds. The first-order valence-corrected chi connectivity index (χ1v) is 9.49. The summed E-state index contributed by atoms with van der Waals surface area (Å²) in [5.74, 6) is -0.425. The Kier molecular flexibility index (Phi) is 9.15. The first-order valence-electron chi connectivity index (χ1n) is 9.49. The Hall–Kier alpha value is -2.21. The lowest BCUT2D eigenvalue weighted by Crippen LogP contribution is -2.55. The molecule has 0 radical (unpaired) electrons. The average Bonchev–Trinajstić information content (AvgIpc) is 2.64. The van der Waals surface area contributed by atoms with Crippen LogP contribution in [-0.2, 0) is 20.8 Å². The van der Waals surface area contributed by atoms with E-state index in [1.165, 1.54) is 4.90 Å². The van der Waals surface area contributed by atoms with E-state index in [1.54, 1.807) is 7.05 Å². The number of benzene rings is 1. The fourth-order valence-corrected chi connectivity index (χ4v) is 2.82. The molecule has 3 N–H and O–H groups in total. The van der Waals surface area contributed by atoms with Gasteiger partial charge in [-0.3, -0.25) is 9.59 Å². The number of rotatable bonds is 10. The quantitative estimate of drug-likeness (QED) is 0.610. The molecule has 0 spiro atoms. The maximum atomic E-state index is 13.1. The monoisotopic (exact) mass is 375 g/mol. The van der Waals surface area contributed by atoms with Crippen molar-refractivity contribution in [2.24, 2.45) is 17.6 Å².